The fourth-order valence-electron chi connectivity index (χ4n) is 1.48. The number of carbonyl (C=O) groups excluding carboxylic acids is 3. The van der Waals surface area contributed by atoms with Gasteiger partial charge in [-0.05, 0) is 17.7 Å². The first-order chi connectivity index (χ1) is 9.47. The number of esters is 2. The van der Waals surface area contributed by atoms with Crippen molar-refractivity contribution in [2.45, 2.75) is 12.5 Å². The highest BCUT2D eigenvalue weighted by atomic mass is 16.5. The normalized spacial score (nSPS) is 11.3. The van der Waals surface area contributed by atoms with Gasteiger partial charge in [0.05, 0.1) is 14.2 Å². The zero-order valence-electron chi connectivity index (χ0n) is 11.1. The third-order valence-corrected chi connectivity index (χ3v) is 2.50. The van der Waals surface area contributed by atoms with Gasteiger partial charge in [-0.1, -0.05) is 12.1 Å². The first-order valence-electron chi connectivity index (χ1n) is 5.71. The molecule has 0 heterocycles. The van der Waals surface area contributed by atoms with Gasteiger partial charge in [0.25, 0.3) is 0 Å². The van der Waals surface area contributed by atoms with Crippen molar-refractivity contribution in [3.63, 3.8) is 0 Å². The molecule has 0 fully saturated rings. The predicted molar refractivity (Wildman–Crippen MR) is 67.6 cm³/mol. The van der Waals surface area contributed by atoms with Crippen molar-refractivity contribution in [2.24, 2.45) is 0 Å². The predicted octanol–water partition coefficient (Wildman–Crippen LogP) is 0.286. The zero-order valence-corrected chi connectivity index (χ0v) is 11.1. The van der Waals surface area contributed by atoms with E-state index in [2.05, 4.69) is 14.8 Å². The number of hydrogen-bond donors (Lipinski definition) is 2. The Balaban J connectivity index is 2.85. The van der Waals surface area contributed by atoms with Gasteiger partial charge in [-0.25, -0.2) is 4.79 Å². The van der Waals surface area contributed by atoms with Gasteiger partial charge >= 0.3 is 11.9 Å². The van der Waals surface area contributed by atoms with Crippen LogP contribution in [0.3, 0.4) is 0 Å². The second-order valence-electron chi connectivity index (χ2n) is 3.87. The number of phenols is 1. The third kappa shape index (κ3) is 4.27. The van der Waals surface area contributed by atoms with E-state index in [1.54, 1.807) is 0 Å². The Bertz CT molecular complexity index is 496. The van der Waals surface area contributed by atoms with Crippen LogP contribution in [0, 0.1) is 0 Å². The summed E-state index contributed by atoms with van der Waals surface area (Å²) in [5.74, 6) is -2.04. The van der Waals surface area contributed by atoms with Gasteiger partial charge < -0.3 is 19.9 Å². The molecule has 1 rings (SSSR count). The van der Waals surface area contributed by atoms with E-state index >= 15 is 0 Å². The molecule has 1 aromatic carbocycles. The molecule has 0 radical (unpaired) electrons. The van der Waals surface area contributed by atoms with Crippen LogP contribution in [0.15, 0.2) is 24.3 Å². The summed E-state index contributed by atoms with van der Waals surface area (Å²) in [6.45, 7) is 0. The van der Waals surface area contributed by atoms with Gasteiger partial charge in [0, 0.05) is 0 Å². The van der Waals surface area contributed by atoms with Gasteiger partial charge in [-0.3, -0.25) is 9.59 Å². The second-order valence-corrected chi connectivity index (χ2v) is 3.87. The van der Waals surface area contributed by atoms with Crippen LogP contribution < -0.4 is 5.32 Å². The molecule has 0 bridgehead atoms. The molecular weight excluding hydrogens is 266 g/mol. The maximum atomic E-state index is 11.7. The molecule has 0 aliphatic heterocycles. The summed E-state index contributed by atoms with van der Waals surface area (Å²) >= 11 is 0. The SMILES string of the molecule is COC(=O)CC(=O)N[C@H](C(=O)OC)c1ccc(O)cc1. The van der Waals surface area contributed by atoms with Crippen LogP contribution in [-0.4, -0.2) is 37.2 Å². The summed E-state index contributed by atoms with van der Waals surface area (Å²) in [5, 5.41) is 11.6. The number of ether oxygens (including phenoxy) is 2. The minimum atomic E-state index is -1.06. The van der Waals surface area contributed by atoms with E-state index in [9.17, 15) is 19.5 Å². The fourth-order valence-corrected chi connectivity index (χ4v) is 1.48. The van der Waals surface area contributed by atoms with Gasteiger partial charge in [-0.2, -0.15) is 0 Å². The average Bonchev–Trinajstić information content (AvgIpc) is 2.44. The summed E-state index contributed by atoms with van der Waals surface area (Å²) < 4.78 is 8.96. The largest absolute Gasteiger partial charge is 0.508 e. The van der Waals surface area contributed by atoms with Crippen molar-refractivity contribution in [2.75, 3.05) is 14.2 Å². The summed E-state index contributed by atoms with van der Waals surface area (Å²) in [7, 11) is 2.34. The van der Waals surface area contributed by atoms with Crippen molar-refractivity contribution in [3.8, 4) is 5.75 Å². The number of rotatable bonds is 5. The minimum Gasteiger partial charge on any atom is -0.508 e. The van der Waals surface area contributed by atoms with Crippen molar-refractivity contribution in [1.82, 2.24) is 5.32 Å². The van der Waals surface area contributed by atoms with Crippen molar-refractivity contribution in [3.05, 3.63) is 29.8 Å². The Morgan fingerprint density at radius 2 is 1.75 bits per heavy atom. The van der Waals surface area contributed by atoms with Crippen molar-refractivity contribution in [1.29, 1.82) is 0 Å². The van der Waals surface area contributed by atoms with E-state index in [0.29, 0.717) is 5.56 Å². The molecule has 0 saturated carbocycles. The quantitative estimate of drug-likeness (QED) is 0.594. The van der Waals surface area contributed by atoms with Crippen LogP contribution >= 0.6 is 0 Å². The van der Waals surface area contributed by atoms with Crippen LogP contribution in [-0.2, 0) is 23.9 Å². The molecule has 7 nitrogen and oxygen atoms in total. The Labute approximate surface area is 115 Å². The van der Waals surface area contributed by atoms with Crippen molar-refractivity contribution < 1.29 is 29.0 Å². The third-order valence-electron chi connectivity index (χ3n) is 2.50. The highest BCUT2D eigenvalue weighted by Crippen LogP contribution is 2.18. The molecule has 108 valence electrons. The standard InChI is InChI=1S/C13H15NO6/c1-19-11(17)7-10(16)14-12(13(18)20-2)8-3-5-9(15)6-4-8/h3-6,12,15H,7H2,1-2H3,(H,14,16)/t12-/m0/s1. The van der Waals surface area contributed by atoms with E-state index in [4.69, 9.17) is 0 Å². The lowest BCUT2D eigenvalue weighted by atomic mass is 10.1. The Morgan fingerprint density at radius 1 is 1.15 bits per heavy atom. The smallest absolute Gasteiger partial charge is 0.333 e. The molecule has 1 amide bonds. The van der Waals surface area contributed by atoms with E-state index in [-0.39, 0.29) is 5.75 Å². The van der Waals surface area contributed by atoms with Crippen LogP contribution in [0.2, 0.25) is 0 Å². The zero-order chi connectivity index (χ0) is 15.1. The van der Waals surface area contributed by atoms with Gasteiger partial charge in [0.1, 0.15) is 12.2 Å². The lowest BCUT2D eigenvalue weighted by molar-refractivity contribution is -0.148. The summed E-state index contributed by atoms with van der Waals surface area (Å²) in [4.78, 5) is 34.3. The number of hydrogen-bond acceptors (Lipinski definition) is 6. The number of aromatic hydroxyl groups is 1. The van der Waals surface area contributed by atoms with E-state index in [1.807, 2.05) is 0 Å². The number of methoxy groups -OCH3 is 2. The lowest BCUT2D eigenvalue weighted by Crippen LogP contribution is -2.35. The first kappa shape index (κ1) is 15.5. The van der Waals surface area contributed by atoms with Crippen molar-refractivity contribution >= 4 is 17.8 Å². The Morgan fingerprint density at radius 3 is 2.25 bits per heavy atom. The highest BCUT2D eigenvalue weighted by molar-refractivity contribution is 5.96. The summed E-state index contributed by atoms with van der Waals surface area (Å²) in [6.07, 6.45) is -0.498. The fraction of sp³-hybridized carbons (Fsp3) is 0.308. The Hall–Kier alpha value is -2.57. The molecule has 2 N–H and O–H groups in total. The topological polar surface area (TPSA) is 102 Å². The van der Waals surface area contributed by atoms with Crippen LogP contribution in [0.1, 0.15) is 18.0 Å². The minimum absolute atomic E-state index is 0.0262. The molecule has 0 aromatic heterocycles. The molecule has 1 atom stereocenters. The van der Waals surface area contributed by atoms with Gasteiger partial charge in [0.15, 0.2) is 6.04 Å². The van der Waals surface area contributed by atoms with E-state index in [1.165, 1.54) is 31.4 Å². The van der Waals surface area contributed by atoms with Gasteiger partial charge in [0.2, 0.25) is 5.91 Å². The maximum Gasteiger partial charge on any atom is 0.333 e. The summed E-state index contributed by atoms with van der Waals surface area (Å²) in [5.41, 5.74) is 0.424. The lowest BCUT2D eigenvalue weighted by Gasteiger charge is -2.16. The van der Waals surface area contributed by atoms with Gasteiger partial charge in [-0.15, -0.1) is 0 Å². The first-order valence-corrected chi connectivity index (χ1v) is 5.71. The number of benzene rings is 1. The molecule has 0 aliphatic rings. The molecule has 7 heteroatoms. The molecule has 0 aliphatic carbocycles. The van der Waals surface area contributed by atoms with E-state index in [0.717, 1.165) is 7.11 Å². The monoisotopic (exact) mass is 281 g/mol. The number of carbonyl (C=O) groups is 3. The molecule has 0 spiro atoms. The van der Waals surface area contributed by atoms with Crippen LogP contribution in [0.5, 0.6) is 5.75 Å². The Kier molecular flexibility index (Phi) is 5.52. The summed E-state index contributed by atoms with van der Waals surface area (Å²) in [6, 6.07) is 4.62. The number of amides is 1. The number of phenolic OH excluding ortho intramolecular Hbond substituents is 1. The van der Waals surface area contributed by atoms with Crippen LogP contribution in [0.4, 0.5) is 0 Å². The molecule has 0 unspecified atom stereocenters. The molecule has 20 heavy (non-hydrogen) atoms. The molecule has 1 aromatic rings. The molecule has 0 saturated heterocycles. The second kappa shape index (κ2) is 7.13. The highest BCUT2D eigenvalue weighted by Gasteiger charge is 2.24. The van der Waals surface area contributed by atoms with Crippen LogP contribution in [0.25, 0.3) is 0 Å². The molecular formula is C13H15NO6. The maximum absolute atomic E-state index is 11.7. The number of nitrogens with one attached hydrogen (secondary N) is 1. The van der Waals surface area contributed by atoms with E-state index < -0.39 is 30.3 Å². The average molecular weight is 281 g/mol.